The standard InChI is InChI=1S/C17H12F3N3O4/c18-17(19,20)11-5-6-12-13(7-11)23(16(26)21-15(12)25)8-9-1-3-10(4-2-9)14(24)22-27/h1-7,27H,8H2,(H,22,24)(H,21,25,26). The highest BCUT2D eigenvalue weighted by Gasteiger charge is 2.31. The Kier molecular flexibility index (Phi) is 4.58. The topological polar surface area (TPSA) is 104 Å². The monoisotopic (exact) mass is 379 g/mol. The van der Waals surface area contributed by atoms with E-state index in [1.165, 1.54) is 29.7 Å². The van der Waals surface area contributed by atoms with E-state index in [2.05, 4.69) is 4.98 Å². The van der Waals surface area contributed by atoms with Crippen LogP contribution in [0.2, 0.25) is 0 Å². The molecule has 0 aliphatic carbocycles. The molecule has 0 radical (unpaired) electrons. The minimum atomic E-state index is -4.63. The summed E-state index contributed by atoms with van der Waals surface area (Å²) in [6.07, 6.45) is -4.63. The lowest BCUT2D eigenvalue weighted by atomic mass is 10.1. The van der Waals surface area contributed by atoms with Crippen LogP contribution in [0.15, 0.2) is 52.1 Å². The molecule has 2 aromatic carbocycles. The van der Waals surface area contributed by atoms with Crippen LogP contribution in [0.3, 0.4) is 0 Å². The number of carbonyl (C=O) groups excluding carboxylic acids is 1. The van der Waals surface area contributed by atoms with E-state index in [1.54, 1.807) is 0 Å². The van der Waals surface area contributed by atoms with E-state index in [4.69, 9.17) is 5.21 Å². The summed E-state index contributed by atoms with van der Waals surface area (Å²) in [6.45, 7) is -0.131. The summed E-state index contributed by atoms with van der Waals surface area (Å²) >= 11 is 0. The predicted molar refractivity (Wildman–Crippen MR) is 88.6 cm³/mol. The average Bonchev–Trinajstić information content (AvgIpc) is 2.63. The third-order valence-corrected chi connectivity index (χ3v) is 3.98. The van der Waals surface area contributed by atoms with Crippen molar-refractivity contribution >= 4 is 16.8 Å². The number of hydroxylamine groups is 1. The number of hydrogen-bond donors (Lipinski definition) is 3. The number of halogens is 3. The first kappa shape index (κ1) is 18.4. The maximum Gasteiger partial charge on any atom is 0.416 e. The number of benzene rings is 2. The van der Waals surface area contributed by atoms with Crippen LogP contribution in [0.5, 0.6) is 0 Å². The van der Waals surface area contributed by atoms with Crippen LogP contribution >= 0.6 is 0 Å². The third kappa shape index (κ3) is 3.60. The number of nitrogens with zero attached hydrogens (tertiary/aromatic N) is 1. The van der Waals surface area contributed by atoms with Gasteiger partial charge < -0.3 is 0 Å². The molecule has 0 unspecified atom stereocenters. The Morgan fingerprint density at radius 3 is 2.37 bits per heavy atom. The lowest BCUT2D eigenvalue weighted by Crippen LogP contribution is -2.31. The quantitative estimate of drug-likeness (QED) is 0.477. The molecule has 27 heavy (non-hydrogen) atoms. The third-order valence-electron chi connectivity index (χ3n) is 3.98. The van der Waals surface area contributed by atoms with Crippen molar-refractivity contribution in [3.63, 3.8) is 0 Å². The summed E-state index contributed by atoms with van der Waals surface area (Å²) < 4.78 is 40.0. The summed E-state index contributed by atoms with van der Waals surface area (Å²) in [6, 6.07) is 8.24. The number of carbonyl (C=O) groups is 1. The number of hydrogen-bond acceptors (Lipinski definition) is 4. The smallest absolute Gasteiger partial charge is 0.289 e. The normalized spacial score (nSPS) is 11.6. The molecule has 3 N–H and O–H groups in total. The summed E-state index contributed by atoms with van der Waals surface area (Å²) in [5.41, 5.74) is -0.660. The van der Waals surface area contributed by atoms with Gasteiger partial charge in [-0.2, -0.15) is 13.2 Å². The van der Waals surface area contributed by atoms with Gasteiger partial charge in [-0.15, -0.1) is 0 Å². The number of H-pyrrole nitrogens is 1. The molecule has 3 rings (SSSR count). The molecule has 0 spiro atoms. The number of alkyl halides is 3. The number of fused-ring (bicyclic) bond motifs is 1. The first-order valence-corrected chi connectivity index (χ1v) is 7.58. The van der Waals surface area contributed by atoms with Crippen molar-refractivity contribution in [3.05, 3.63) is 80.0 Å². The number of aromatic nitrogens is 2. The molecule has 1 aromatic heterocycles. The molecule has 10 heteroatoms. The molecule has 1 heterocycles. The van der Waals surface area contributed by atoms with Crippen LogP contribution in [0.1, 0.15) is 21.5 Å². The highest BCUT2D eigenvalue weighted by Crippen LogP contribution is 2.30. The van der Waals surface area contributed by atoms with Gasteiger partial charge in [0.25, 0.3) is 11.5 Å². The van der Waals surface area contributed by atoms with E-state index in [-0.39, 0.29) is 23.0 Å². The molecule has 1 amide bonds. The van der Waals surface area contributed by atoms with E-state index in [0.29, 0.717) is 5.56 Å². The lowest BCUT2D eigenvalue weighted by Gasteiger charge is -2.12. The fourth-order valence-electron chi connectivity index (χ4n) is 2.63. The second-order valence-electron chi connectivity index (χ2n) is 5.71. The summed E-state index contributed by atoms with van der Waals surface area (Å²) in [5, 5.41) is 8.54. The minimum Gasteiger partial charge on any atom is -0.289 e. The van der Waals surface area contributed by atoms with Gasteiger partial charge in [0, 0.05) is 5.56 Å². The van der Waals surface area contributed by atoms with Gasteiger partial charge in [-0.1, -0.05) is 12.1 Å². The highest BCUT2D eigenvalue weighted by molar-refractivity contribution is 5.93. The van der Waals surface area contributed by atoms with E-state index >= 15 is 0 Å². The van der Waals surface area contributed by atoms with Crippen LogP contribution in [0.4, 0.5) is 13.2 Å². The zero-order valence-corrected chi connectivity index (χ0v) is 13.5. The molecule has 3 aromatic rings. The van der Waals surface area contributed by atoms with Crippen LogP contribution < -0.4 is 16.7 Å². The van der Waals surface area contributed by atoms with E-state index < -0.39 is 28.9 Å². The van der Waals surface area contributed by atoms with Crippen LogP contribution in [-0.4, -0.2) is 20.7 Å². The van der Waals surface area contributed by atoms with Gasteiger partial charge in [0.2, 0.25) is 0 Å². The predicted octanol–water partition coefficient (Wildman–Crippen LogP) is 1.88. The van der Waals surface area contributed by atoms with Gasteiger partial charge in [-0.3, -0.25) is 24.3 Å². The molecule has 0 saturated heterocycles. The van der Waals surface area contributed by atoms with E-state index in [1.807, 2.05) is 0 Å². The second kappa shape index (κ2) is 6.72. The molecule has 0 aliphatic rings. The van der Waals surface area contributed by atoms with Gasteiger partial charge in [0.1, 0.15) is 0 Å². The van der Waals surface area contributed by atoms with Crippen molar-refractivity contribution in [1.82, 2.24) is 15.0 Å². The molecule has 140 valence electrons. The van der Waals surface area contributed by atoms with Gasteiger partial charge in [0.05, 0.1) is 23.0 Å². The minimum absolute atomic E-state index is 0.0566. The lowest BCUT2D eigenvalue weighted by molar-refractivity contribution is -0.137. The SMILES string of the molecule is O=C(NO)c1ccc(Cn2c(=O)[nH]c(=O)c3ccc(C(F)(F)F)cc32)cc1. The van der Waals surface area contributed by atoms with Crippen molar-refractivity contribution < 1.29 is 23.2 Å². The average molecular weight is 379 g/mol. The summed E-state index contributed by atoms with van der Waals surface area (Å²) in [4.78, 5) is 37.5. The molecule has 0 aliphatic heterocycles. The summed E-state index contributed by atoms with van der Waals surface area (Å²) in [7, 11) is 0. The van der Waals surface area contributed by atoms with Gasteiger partial charge in [-0.25, -0.2) is 10.3 Å². The molecular weight excluding hydrogens is 367 g/mol. The number of amides is 1. The zero-order valence-electron chi connectivity index (χ0n) is 13.5. The van der Waals surface area contributed by atoms with Crippen LogP contribution in [0.25, 0.3) is 10.9 Å². The fraction of sp³-hybridized carbons (Fsp3) is 0.118. The number of aromatic amines is 1. The maximum atomic E-state index is 13.0. The first-order chi connectivity index (χ1) is 12.7. The number of rotatable bonds is 3. The highest BCUT2D eigenvalue weighted by atomic mass is 19.4. The molecule has 0 fully saturated rings. The molecule has 0 atom stereocenters. The largest absolute Gasteiger partial charge is 0.416 e. The Labute approximate surface area is 148 Å². The van der Waals surface area contributed by atoms with Crippen LogP contribution in [0, 0.1) is 0 Å². The zero-order chi connectivity index (χ0) is 19.8. The van der Waals surface area contributed by atoms with Gasteiger partial charge >= 0.3 is 11.9 Å². The van der Waals surface area contributed by atoms with Crippen LogP contribution in [-0.2, 0) is 12.7 Å². The summed E-state index contributed by atoms with van der Waals surface area (Å²) in [5.74, 6) is -0.733. The molecule has 7 nitrogen and oxygen atoms in total. The van der Waals surface area contributed by atoms with Crippen molar-refractivity contribution in [2.45, 2.75) is 12.7 Å². The maximum absolute atomic E-state index is 13.0. The van der Waals surface area contributed by atoms with E-state index in [9.17, 15) is 27.6 Å². The van der Waals surface area contributed by atoms with Crippen molar-refractivity contribution in [1.29, 1.82) is 0 Å². The second-order valence-corrected chi connectivity index (χ2v) is 5.71. The van der Waals surface area contributed by atoms with Crippen molar-refractivity contribution in [3.8, 4) is 0 Å². The molecular formula is C17H12F3N3O4. The van der Waals surface area contributed by atoms with E-state index in [0.717, 1.165) is 22.8 Å². The molecule has 0 saturated carbocycles. The van der Waals surface area contributed by atoms with Crippen molar-refractivity contribution in [2.24, 2.45) is 0 Å². The Morgan fingerprint density at radius 2 is 1.78 bits per heavy atom. The Balaban J connectivity index is 2.11. The van der Waals surface area contributed by atoms with Gasteiger partial charge in [-0.05, 0) is 35.9 Å². The first-order valence-electron chi connectivity index (χ1n) is 7.58. The Morgan fingerprint density at radius 1 is 1.11 bits per heavy atom. The fourth-order valence-corrected chi connectivity index (χ4v) is 2.63. The Bertz CT molecular complexity index is 1130. The Hall–Kier alpha value is -3.40. The number of nitrogens with one attached hydrogen (secondary N) is 2. The van der Waals surface area contributed by atoms with Crippen molar-refractivity contribution in [2.75, 3.05) is 0 Å². The van der Waals surface area contributed by atoms with Gasteiger partial charge in [0.15, 0.2) is 0 Å². The molecule has 0 bridgehead atoms.